The van der Waals surface area contributed by atoms with Gasteiger partial charge < -0.3 is 9.84 Å². The van der Waals surface area contributed by atoms with Crippen LogP contribution < -0.4 is 4.74 Å². The molecule has 0 bridgehead atoms. The first kappa shape index (κ1) is 11.9. The number of carboxylic acids is 1. The third-order valence-corrected chi connectivity index (χ3v) is 3.62. The van der Waals surface area contributed by atoms with Gasteiger partial charge in [-0.2, -0.15) is 0 Å². The van der Waals surface area contributed by atoms with Crippen molar-refractivity contribution in [3.05, 3.63) is 29.6 Å². The first-order chi connectivity index (χ1) is 7.89. The van der Waals surface area contributed by atoms with Crippen LogP contribution in [0.2, 0.25) is 0 Å². The van der Waals surface area contributed by atoms with Crippen molar-refractivity contribution in [3.8, 4) is 5.75 Å². The maximum Gasteiger partial charge on any atom is 0.307 e. The van der Waals surface area contributed by atoms with Crippen molar-refractivity contribution in [3.63, 3.8) is 0 Å². The topological polar surface area (TPSA) is 46.5 Å². The molecular weight excluding hydrogens is 223 g/mol. The zero-order valence-electron chi connectivity index (χ0n) is 10.0. The van der Waals surface area contributed by atoms with Gasteiger partial charge in [0, 0.05) is 12.0 Å². The van der Waals surface area contributed by atoms with Crippen molar-refractivity contribution in [2.45, 2.75) is 19.8 Å². The Bertz CT molecular complexity index is 468. The van der Waals surface area contributed by atoms with Crippen LogP contribution in [0.4, 0.5) is 4.39 Å². The van der Waals surface area contributed by atoms with Crippen LogP contribution in [-0.4, -0.2) is 18.2 Å². The minimum Gasteiger partial charge on any atom is -0.496 e. The fraction of sp³-hybridized carbons (Fsp3) is 0.462. The van der Waals surface area contributed by atoms with Crippen LogP contribution in [0.1, 0.15) is 25.3 Å². The predicted octanol–water partition coefficient (Wildman–Crippen LogP) is 2.66. The molecule has 92 valence electrons. The molecule has 2 atom stereocenters. The van der Waals surface area contributed by atoms with Crippen molar-refractivity contribution < 1.29 is 19.0 Å². The van der Waals surface area contributed by atoms with E-state index in [1.165, 1.54) is 19.2 Å². The highest BCUT2D eigenvalue weighted by atomic mass is 19.1. The maximum absolute atomic E-state index is 13.1. The third kappa shape index (κ3) is 1.77. The quantitative estimate of drug-likeness (QED) is 0.880. The lowest BCUT2D eigenvalue weighted by molar-refractivity contribution is -0.139. The van der Waals surface area contributed by atoms with Crippen LogP contribution >= 0.6 is 0 Å². The van der Waals surface area contributed by atoms with Gasteiger partial charge in [-0.25, -0.2) is 4.39 Å². The van der Waals surface area contributed by atoms with Gasteiger partial charge >= 0.3 is 5.97 Å². The number of carboxylic acid groups (broad SMARTS) is 1. The summed E-state index contributed by atoms with van der Waals surface area (Å²) in [6, 6.07) is 4.25. The fourth-order valence-electron chi connectivity index (χ4n) is 2.62. The largest absolute Gasteiger partial charge is 0.496 e. The van der Waals surface area contributed by atoms with Gasteiger partial charge in [0.1, 0.15) is 11.6 Å². The lowest BCUT2D eigenvalue weighted by atomic mass is 10.0. The number of ether oxygens (including phenoxy) is 1. The van der Waals surface area contributed by atoms with Gasteiger partial charge in [0.25, 0.3) is 0 Å². The molecule has 0 aromatic heterocycles. The summed E-state index contributed by atoms with van der Waals surface area (Å²) in [5.41, 5.74) is 0.461. The van der Waals surface area contributed by atoms with Crippen LogP contribution in [0.25, 0.3) is 0 Å². The number of hydrogen-bond donors (Lipinski definition) is 1. The van der Waals surface area contributed by atoms with Gasteiger partial charge in [-0.1, -0.05) is 19.9 Å². The number of carbonyl (C=O) groups is 1. The van der Waals surface area contributed by atoms with Gasteiger partial charge in [-0.3, -0.25) is 4.79 Å². The molecule has 0 saturated heterocycles. The molecule has 1 aromatic rings. The highest BCUT2D eigenvalue weighted by Gasteiger charge is 2.63. The maximum atomic E-state index is 13.1. The van der Waals surface area contributed by atoms with Gasteiger partial charge in [0.15, 0.2) is 0 Å². The molecule has 1 aliphatic rings. The minimum absolute atomic E-state index is 0.115. The van der Waals surface area contributed by atoms with Gasteiger partial charge in [0.05, 0.1) is 13.0 Å². The summed E-state index contributed by atoms with van der Waals surface area (Å²) in [6.45, 7) is 3.80. The predicted molar refractivity (Wildman–Crippen MR) is 60.6 cm³/mol. The first-order valence-electron chi connectivity index (χ1n) is 5.46. The lowest BCUT2D eigenvalue weighted by Crippen LogP contribution is -2.03. The molecule has 2 rings (SSSR count). The molecule has 1 saturated carbocycles. The first-order valence-corrected chi connectivity index (χ1v) is 5.46. The van der Waals surface area contributed by atoms with Gasteiger partial charge in [-0.15, -0.1) is 0 Å². The van der Waals surface area contributed by atoms with Crippen molar-refractivity contribution in [1.82, 2.24) is 0 Å². The SMILES string of the molecule is COc1cc(F)ccc1[C@H]1[C@H](C(=O)O)C1(C)C. The van der Waals surface area contributed by atoms with Crippen LogP contribution in [0.5, 0.6) is 5.75 Å². The Labute approximate surface area is 99.2 Å². The van der Waals surface area contributed by atoms with E-state index in [9.17, 15) is 9.18 Å². The molecular formula is C13H15FO3. The number of rotatable bonds is 3. The zero-order valence-corrected chi connectivity index (χ0v) is 10.0. The molecule has 0 unspecified atom stereocenters. The van der Waals surface area contributed by atoms with E-state index in [1.807, 2.05) is 13.8 Å². The summed E-state index contributed by atoms with van der Waals surface area (Å²) in [7, 11) is 1.46. The van der Waals surface area contributed by atoms with Gasteiger partial charge in [-0.05, 0) is 17.0 Å². The monoisotopic (exact) mass is 238 g/mol. The molecule has 3 nitrogen and oxygen atoms in total. The number of halogens is 1. The summed E-state index contributed by atoms with van der Waals surface area (Å²) < 4.78 is 18.2. The lowest BCUT2D eigenvalue weighted by Gasteiger charge is -2.09. The molecule has 1 aliphatic carbocycles. The summed E-state index contributed by atoms with van der Waals surface area (Å²) in [4.78, 5) is 11.1. The number of methoxy groups -OCH3 is 1. The second kappa shape index (κ2) is 3.72. The van der Waals surface area contributed by atoms with E-state index >= 15 is 0 Å². The molecule has 1 N–H and O–H groups in total. The van der Waals surface area contributed by atoms with Crippen molar-refractivity contribution in [2.75, 3.05) is 7.11 Å². The molecule has 17 heavy (non-hydrogen) atoms. The molecule has 0 heterocycles. The Morgan fingerprint density at radius 3 is 2.59 bits per heavy atom. The zero-order chi connectivity index (χ0) is 12.8. The third-order valence-electron chi connectivity index (χ3n) is 3.62. The van der Waals surface area contributed by atoms with Crippen molar-refractivity contribution in [1.29, 1.82) is 0 Å². The Morgan fingerprint density at radius 2 is 2.12 bits per heavy atom. The van der Waals surface area contributed by atoms with Crippen LogP contribution in [0, 0.1) is 17.2 Å². The molecule has 0 amide bonds. The second-order valence-corrected chi connectivity index (χ2v) is 5.00. The molecule has 4 heteroatoms. The van der Waals surface area contributed by atoms with E-state index in [-0.39, 0.29) is 17.2 Å². The fourth-order valence-corrected chi connectivity index (χ4v) is 2.62. The molecule has 0 radical (unpaired) electrons. The Hall–Kier alpha value is -1.58. The highest BCUT2D eigenvalue weighted by molar-refractivity contribution is 5.78. The van der Waals surface area contributed by atoms with E-state index in [1.54, 1.807) is 6.07 Å². The van der Waals surface area contributed by atoms with E-state index in [0.717, 1.165) is 5.56 Å². The van der Waals surface area contributed by atoms with Crippen molar-refractivity contribution >= 4 is 5.97 Å². The molecule has 0 aliphatic heterocycles. The molecule has 0 spiro atoms. The normalized spacial score (nSPS) is 25.4. The second-order valence-electron chi connectivity index (χ2n) is 5.00. The number of hydrogen-bond acceptors (Lipinski definition) is 2. The van der Waals surface area contributed by atoms with Crippen LogP contribution in [0.15, 0.2) is 18.2 Å². The Kier molecular flexibility index (Phi) is 2.60. The number of benzene rings is 1. The van der Waals surface area contributed by atoms with Crippen molar-refractivity contribution in [2.24, 2.45) is 11.3 Å². The van der Waals surface area contributed by atoms with Crippen LogP contribution in [-0.2, 0) is 4.79 Å². The van der Waals surface area contributed by atoms with E-state index < -0.39 is 11.9 Å². The molecule has 1 fully saturated rings. The Balaban J connectivity index is 2.40. The van der Waals surface area contributed by atoms with Gasteiger partial charge in [0.2, 0.25) is 0 Å². The van der Waals surface area contributed by atoms with E-state index in [0.29, 0.717) is 5.75 Å². The summed E-state index contributed by atoms with van der Waals surface area (Å²) in [5, 5.41) is 9.12. The average Bonchev–Trinajstić information content (AvgIpc) is 2.81. The minimum atomic E-state index is -0.814. The summed E-state index contributed by atoms with van der Waals surface area (Å²) in [5.74, 6) is -1.31. The van der Waals surface area contributed by atoms with E-state index in [4.69, 9.17) is 9.84 Å². The highest BCUT2D eigenvalue weighted by Crippen LogP contribution is 2.65. The molecule has 1 aromatic carbocycles. The Morgan fingerprint density at radius 1 is 1.47 bits per heavy atom. The number of aliphatic carboxylic acids is 1. The van der Waals surface area contributed by atoms with Crippen LogP contribution in [0.3, 0.4) is 0 Å². The standard InChI is InChI=1S/C13H15FO3/c1-13(2)10(11(13)12(15)16)8-5-4-7(14)6-9(8)17-3/h4-6,10-11H,1-3H3,(H,15,16)/t10-,11+/m0/s1. The summed E-state index contributed by atoms with van der Waals surface area (Å²) >= 11 is 0. The smallest absolute Gasteiger partial charge is 0.307 e. The van der Waals surface area contributed by atoms with E-state index in [2.05, 4.69) is 0 Å². The average molecular weight is 238 g/mol. The summed E-state index contributed by atoms with van der Waals surface area (Å²) in [6.07, 6.45) is 0.